The van der Waals surface area contributed by atoms with Gasteiger partial charge in [0.25, 0.3) is 0 Å². The molecule has 0 aliphatic rings. The Morgan fingerprint density at radius 3 is 2.26 bits per heavy atom. The molecule has 0 N–H and O–H groups in total. The van der Waals surface area contributed by atoms with Crippen molar-refractivity contribution < 1.29 is 13.6 Å². The Morgan fingerprint density at radius 2 is 1.68 bits per heavy atom. The summed E-state index contributed by atoms with van der Waals surface area (Å²) in [5.41, 5.74) is -0.0766. The topological polar surface area (TPSA) is 17.1 Å². The van der Waals surface area contributed by atoms with Crippen molar-refractivity contribution in [3.05, 3.63) is 69.2 Å². The van der Waals surface area contributed by atoms with Crippen molar-refractivity contribution in [3.8, 4) is 0 Å². The fourth-order valence-electron chi connectivity index (χ4n) is 1.67. The van der Waals surface area contributed by atoms with Crippen LogP contribution in [0.25, 0.3) is 0 Å². The number of hydrogen-bond acceptors (Lipinski definition) is 1. The standard InChI is InChI=1S/C14H8Cl2F2O/c15-8-4-5-9(11(16)6-8)14(19)7-10-12(17)2-1-3-13(10)18/h1-6H,7H2. The highest BCUT2D eigenvalue weighted by Crippen LogP contribution is 2.23. The largest absolute Gasteiger partial charge is 0.294 e. The molecule has 0 spiro atoms. The first kappa shape index (κ1) is 14.0. The van der Waals surface area contributed by atoms with Gasteiger partial charge in [0.1, 0.15) is 11.6 Å². The first-order chi connectivity index (χ1) is 8.99. The lowest BCUT2D eigenvalue weighted by Crippen LogP contribution is -2.08. The summed E-state index contributed by atoms with van der Waals surface area (Å²) in [6.07, 6.45) is -0.389. The fraction of sp³-hybridized carbons (Fsp3) is 0.0714. The van der Waals surface area contributed by atoms with Crippen LogP contribution in [0.15, 0.2) is 36.4 Å². The van der Waals surface area contributed by atoms with Crippen molar-refractivity contribution >= 4 is 29.0 Å². The number of rotatable bonds is 3. The van der Waals surface area contributed by atoms with Gasteiger partial charge in [0, 0.05) is 22.6 Å². The average Bonchev–Trinajstić information content (AvgIpc) is 2.33. The summed E-state index contributed by atoms with van der Waals surface area (Å²) in [4.78, 5) is 12.0. The first-order valence-electron chi connectivity index (χ1n) is 5.40. The highest BCUT2D eigenvalue weighted by molar-refractivity contribution is 6.36. The minimum Gasteiger partial charge on any atom is -0.294 e. The van der Waals surface area contributed by atoms with Crippen molar-refractivity contribution in [2.75, 3.05) is 0 Å². The van der Waals surface area contributed by atoms with E-state index in [1.54, 1.807) is 0 Å². The van der Waals surface area contributed by atoms with Crippen LogP contribution < -0.4 is 0 Å². The lowest BCUT2D eigenvalue weighted by atomic mass is 10.0. The lowest BCUT2D eigenvalue weighted by molar-refractivity contribution is 0.0990. The third-order valence-corrected chi connectivity index (χ3v) is 3.18. The molecule has 0 saturated heterocycles. The molecule has 0 aliphatic carbocycles. The van der Waals surface area contributed by atoms with E-state index in [9.17, 15) is 13.6 Å². The quantitative estimate of drug-likeness (QED) is 0.751. The molecule has 0 radical (unpaired) electrons. The molecule has 0 heterocycles. The van der Waals surface area contributed by atoms with Gasteiger partial charge >= 0.3 is 0 Å². The Labute approximate surface area is 118 Å². The van der Waals surface area contributed by atoms with Gasteiger partial charge < -0.3 is 0 Å². The Balaban J connectivity index is 2.31. The summed E-state index contributed by atoms with van der Waals surface area (Å²) in [5, 5.41) is 0.549. The van der Waals surface area contributed by atoms with Crippen LogP contribution >= 0.6 is 23.2 Å². The zero-order valence-corrected chi connectivity index (χ0v) is 11.1. The fourth-order valence-corrected chi connectivity index (χ4v) is 2.19. The zero-order valence-electron chi connectivity index (χ0n) is 9.59. The predicted molar refractivity (Wildman–Crippen MR) is 70.9 cm³/mol. The summed E-state index contributed by atoms with van der Waals surface area (Å²) in [5.74, 6) is -1.97. The van der Waals surface area contributed by atoms with Gasteiger partial charge in [0.15, 0.2) is 5.78 Å². The van der Waals surface area contributed by atoms with Gasteiger partial charge in [-0.25, -0.2) is 8.78 Å². The number of ketones is 1. The molecule has 0 amide bonds. The Morgan fingerprint density at radius 1 is 1.05 bits per heavy atom. The molecule has 0 fully saturated rings. The van der Waals surface area contributed by atoms with Gasteiger partial charge in [-0.3, -0.25) is 4.79 Å². The number of Topliss-reactive ketones (excluding diaryl/α,β-unsaturated/α-hetero) is 1. The van der Waals surface area contributed by atoms with Crippen LogP contribution in [0.4, 0.5) is 8.78 Å². The maximum absolute atomic E-state index is 13.4. The maximum atomic E-state index is 13.4. The molecule has 19 heavy (non-hydrogen) atoms. The summed E-state index contributed by atoms with van der Waals surface area (Å²) < 4.78 is 26.9. The van der Waals surface area contributed by atoms with E-state index in [-0.39, 0.29) is 22.6 Å². The van der Waals surface area contributed by atoms with Crippen LogP contribution in [0.1, 0.15) is 15.9 Å². The second kappa shape index (κ2) is 5.68. The molecule has 98 valence electrons. The molecule has 2 aromatic rings. The predicted octanol–water partition coefficient (Wildman–Crippen LogP) is 4.70. The third-order valence-electron chi connectivity index (χ3n) is 2.63. The van der Waals surface area contributed by atoms with E-state index >= 15 is 0 Å². The molecule has 0 aromatic heterocycles. The van der Waals surface area contributed by atoms with Gasteiger partial charge in [-0.2, -0.15) is 0 Å². The molecule has 1 nitrogen and oxygen atoms in total. The average molecular weight is 301 g/mol. The van der Waals surface area contributed by atoms with Crippen LogP contribution in [-0.4, -0.2) is 5.78 Å². The molecule has 0 aliphatic heterocycles. The first-order valence-corrected chi connectivity index (χ1v) is 6.16. The molecule has 0 bridgehead atoms. The van der Waals surface area contributed by atoms with E-state index in [0.717, 1.165) is 12.1 Å². The number of carbonyl (C=O) groups is 1. The number of halogens is 4. The van der Waals surface area contributed by atoms with Crippen LogP contribution in [0.2, 0.25) is 10.0 Å². The molecule has 5 heteroatoms. The smallest absolute Gasteiger partial charge is 0.168 e. The van der Waals surface area contributed by atoms with Gasteiger partial charge in [0.05, 0.1) is 5.02 Å². The molecule has 2 rings (SSSR count). The van der Waals surface area contributed by atoms with E-state index in [1.807, 2.05) is 0 Å². The van der Waals surface area contributed by atoms with E-state index < -0.39 is 17.4 Å². The van der Waals surface area contributed by atoms with Crippen molar-refractivity contribution in [2.45, 2.75) is 6.42 Å². The molecule has 2 aromatic carbocycles. The summed E-state index contributed by atoms with van der Waals surface area (Å²) in [6.45, 7) is 0. The van der Waals surface area contributed by atoms with Crippen molar-refractivity contribution in [2.24, 2.45) is 0 Å². The molecule has 0 unspecified atom stereocenters. The SMILES string of the molecule is O=C(Cc1c(F)cccc1F)c1ccc(Cl)cc1Cl. The van der Waals surface area contributed by atoms with Crippen molar-refractivity contribution in [1.82, 2.24) is 0 Å². The van der Waals surface area contributed by atoms with E-state index in [1.165, 1.54) is 24.3 Å². The van der Waals surface area contributed by atoms with E-state index in [2.05, 4.69) is 0 Å². The van der Waals surface area contributed by atoms with Crippen LogP contribution in [0, 0.1) is 11.6 Å². The second-order valence-corrected chi connectivity index (χ2v) is 4.77. The van der Waals surface area contributed by atoms with E-state index in [0.29, 0.717) is 5.02 Å². The normalized spacial score (nSPS) is 10.5. The van der Waals surface area contributed by atoms with Gasteiger partial charge in [-0.15, -0.1) is 0 Å². The maximum Gasteiger partial charge on any atom is 0.168 e. The zero-order chi connectivity index (χ0) is 14.0. The lowest BCUT2D eigenvalue weighted by Gasteiger charge is -2.06. The molecular formula is C14H8Cl2F2O. The number of benzene rings is 2. The summed E-state index contributed by atoms with van der Waals surface area (Å²) in [7, 11) is 0. The molecular weight excluding hydrogens is 293 g/mol. The van der Waals surface area contributed by atoms with Crippen LogP contribution in [-0.2, 0) is 6.42 Å². The van der Waals surface area contributed by atoms with Gasteiger partial charge in [0.2, 0.25) is 0 Å². The Hall–Kier alpha value is -1.45. The number of hydrogen-bond donors (Lipinski definition) is 0. The molecule has 0 atom stereocenters. The van der Waals surface area contributed by atoms with Crippen LogP contribution in [0.3, 0.4) is 0 Å². The highest BCUT2D eigenvalue weighted by atomic mass is 35.5. The summed E-state index contributed by atoms with van der Waals surface area (Å²) >= 11 is 11.6. The van der Waals surface area contributed by atoms with Crippen molar-refractivity contribution in [3.63, 3.8) is 0 Å². The second-order valence-electron chi connectivity index (χ2n) is 3.92. The minimum absolute atomic E-state index is 0.161. The monoisotopic (exact) mass is 300 g/mol. The Bertz CT molecular complexity index is 621. The highest BCUT2D eigenvalue weighted by Gasteiger charge is 2.16. The van der Waals surface area contributed by atoms with Gasteiger partial charge in [-0.05, 0) is 30.3 Å². The Kier molecular flexibility index (Phi) is 4.17. The van der Waals surface area contributed by atoms with Crippen LogP contribution in [0.5, 0.6) is 0 Å². The third kappa shape index (κ3) is 3.11. The molecule has 0 saturated carbocycles. The van der Waals surface area contributed by atoms with Gasteiger partial charge in [-0.1, -0.05) is 29.3 Å². The number of carbonyl (C=O) groups excluding carboxylic acids is 1. The summed E-state index contributed by atoms with van der Waals surface area (Å²) in [6, 6.07) is 7.80. The van der Waals surface area contributed by atoms with Crippen molar-refractivity contribution in [1.29, 1.82) is 0 Å². The van der Waals surface area contributed by atoms with E-state index in [4.69, 9.17) is 23.2 Å². The minimum atomic E-state index is -0.751.